The van der Waals surface area contributed by atoms with Gasteiger partial charge in [0.2, 0.25) is 0 Å². The lowest BCUT2D eigenvalue weighted by Gasteiger charge is -2.09. The number of nitrogens with two attached hydrogens (primary N) is 1. The van der Waals surface area contributed by atoms with Crippen LogP contribution in [0.3, 0.4) is 0 Å². The summed E-state index contributed by atoms with van der Waals surface area (Å²) in [6.07, 6.45) is 1.73. The van der Waals surface area contributed by atoms with Gasteiger partial charge in [0.15, 0.2) is 0 Å². The molecular weight excluding hydrogens is 238 g/mol. The first-order chi connectivity index (χ1) is 7.88. The molecule has 1 aromatic carbocycles. The first-order valence-electron chi connectivity index (χ1n) is 5.54. The molecule has 2 N–H and O–H groups in total. The van der Waals surface area contributed by atoms with Crippen molar-refractivity contribution in [2.75, 3.05) is 18.6 Å². The summed E-state index contributed by atoms with van der Waals surface area (Å²) in [5.74, 6) is 0.883. The van der Waals surface area contributed by atoms with Gasteiger partial charge in [-0.15, -0.1) is 0 Å². The Morgan fingerprint density at radius 1 is 1.41 bits per heavy atom. The van der Waals surface area contributed by atoms with Crippen LogP contribution in [0.5, 0.6) is 5.75 Å². The summed E-state index contributed by atoms with van der Waals surface area (Å²) in [7, 11) is -2.90. The van der Waals surface area contributed by atoms with E-state index in [-0.39, 0.29) is 11.8 Å². The van der Waals surface area contributed by atoms with Gasteiger partial charge in [-0.1, -0.05) is 12.1 Å². The molecular formula is C12H19NO3S. The zero-order valence-corrected chi connectivity index (χ0v) is 11.0. The highest BCUT2D eigenvalue weighted by molar-refractivity contribution is 7.90. The van der Waals surface area contributed by atoms with E-state index in [4.69, 9.17) is 10.5 Å². The van der Waals surface area contributed by atoms with Gasteiger partial charge in [0.1, 0.15) is 15.6 Å². The Bertz CT molecular complexity index is 455. The van der Waals surface area contributed by atoms with E-state index in [9.17, 15) is 8.42 Å². The summed E-state index contributed by atoms with van der Waals surface area (Å²) in [4.78, 5) is 0. The van der Waals surface area contributed by atoms with E-state index in [0.29, 0.717) is 13.0 Å². The molecule has 0 fully saturated rings. The number of rotatable bonds is 6. The third-order valence-electron chi connectivity index (χ3n) is 2.31. The van der Waals surface area contributed by atoms with Gasteiger partial charge in [0.05, 0.1) is 12.4 Å². The molecule has 0 aliphatic carbocycles. The molecule has 1 aromatic rings. The molecule has 96 valence electrons. The molecule has 1 atom stereocenters. The van der Waals surface area contributed by atoms with Crippen LogP contribution in [0.25, 0.3) is 0 Å². The molecule has 17 heavy (non-hydrogen) atoms. The Labute approximate surface area is 103 Å². The summed E-state index contributed by atoms with van der Waals surface area (Å²) < 4.78 is 27.3. The van der Waals surface area contributed by atoms with Gasteiger partial charge in [-0.3, -0.25) is 0 Å². The first-order valence-corrected chi connectivity index (χ1v) is 7.60. The molecule has 0 saturated carbocycles. The van der Waals surface area contributed by atoms with Crippen LogP contribution in [-0.2, 0) is 9.84 Å². The predicted molar refractivity (Wildman–Crippen MR) is 68.9 cm³/mol. The Morgan fingerprint density at radius 2 is 2.12 bits per heavy atom. The number of hydrogen-bond acceptors (Lipinski definition) is 4. The number of benzene rings is 1. The van der Waals surface area contributed by atoms with E-state index in [0.717, 1.165) is 11.3 Å². The van der Waals surface area contributed by atoms with Crippen LogP contribution in [0, 0.1) is 0 Å². The molecule has 0 saturated heterocycles. The fraction of sp³-hybridized carbons (Fsp3) is 0.500. The van der Waals surface area contributed by atoms with Crippen LogP contribution in [-0.4, -0.2) is 27.0 Å². The van der Waals surface area contributed by atoms with Crippen molar-refractivity contribution in [3.05, 3.63) is 29.8 Å². The van der Waals surface area contributed by atoms with Crippen molar-refractivity contribution in [1.82, 2.24) is 0 Å². The molecule has 0 spiro atoms. The molecule has 0 aliphatic rings. The minimum absolute atomic E-state index is 0.0328. The van der Waals surface area contributed by atoms with Crippen molar-refractivity contribution in [1.29, 1.82) is 0 Å². The zero-order valence-electron chi connectivity index (χ0n) is 10.2. The molecule has 0 unspecified atom stereocenters. The lowest BCUT2D eigenvalue weighted by atomic mass is 10.1. The molecule has 0 radical (unpaired) electrons. The van der Waals surface area contributed by atoms with E-state index in [1.54, 1.807) is 0 Å². The molecule has 0 heterocycles. The van der Waals surface area contributed by atoms with Gasteiger partial charge >= 0.3 is 0 Å². The largest absolute Gasteiger partial charge is 0.494 e. The van der Waals surface area contributed by atoms with Gasteiger partial charge in [-0.2, -0.15) is 0 Å². The van der Waals surface area contributed by atoms with E-state index >= 15 is 0 Å². The molecule has 0 bridgehead atoms. The summed E-state index contributed by atoms with van der Waals surface area (Å²) in [5.41, 5.74) is 6.76. The van der Waals surface area contributed by atoms with Crippen LogP contribution in [0.1, 0.15) is 24.9 Å². The van der Waals surface area contributed by atoms with Crippen molar-refractivity contribution in [2.24, 2.45) is 5.73 Å². The van der Waals surface area contributed by atoms with Crippen molar-refractivity contribution in [3.63, 3.8) is 0 Å². The Balaban J connectivity index is 2.44. The second kappa shape index (κ2) is 6.02. The average Bonchev–Trinajstić information content (AvgIpc) is 2.23. The molecule has 0 aromatic heterocycles. The molecule has 4 nitrogen and oxygen atoms in total. The maximum absolute atomic E-state index is 10.9. The highest BCUT2D eigenvalue weighted by Gasteiger charge is 2.03. The maximum Gasteiger partial charge on any atom is 0.147 e. The molecule has 1 rings (SSSR count). The minimum atomic E-state index is -2.90. The number of hydrogen-bond donors (Lipinski definition) is 1. The summed E-state index contributed by atoms with van der Waals surface area (Å²) in [6.45, 7) is 2.30. The summed E-state index contributed by atoms with van der Waals surface area (Å²) in [6, 6.07) is 7.50. The minimum Gasteiger partial charge on any atom is -0.494 e. The topological polar surface area (TPSA) is 69.4 Å². The Hall–Kier alpha value is -1.07. The third kappa shape index (κ3) is 5.70. The van der Waals surface area contributed by atoms with Gasteiger partial charge < -0.3 is 10.5 Å². The normalized spacial score (nSPS) is 13.4. The highest BCUT2D eigenvalue weighted by atomic mass is 32.2. The summed E-state index contributed by atoms with van der Waals surface area (Å²) in [5, 5.41) is 0. The standard InChI is InChI=1S/C12H19NO3S/c1-10(13)11-5-3-6-12(9-11)16-7-4-8-17(2,14)15/h3,5-6,9-10H,4,7-8,13H2,1-2H3/t10-/m0/s1. The van der Waals surface area contributed by atoms with Crippen molar-refractivity contribution in [3.8, 4) is 5.75 Å². The van der Waals surface area contributed by atoms with Gasteiger partial charge in [-0.25, -0.2) is 8.42 Å². The lowest BCUT2D eigenvalue weighted by Crippen LogP contribution is -2.08. The van der Waals surface area contributed by atoms with Gasteiger partial charge in [-0.05, 0) is 31.0 Å². The van der Waals surface area contributed by atoms with E-state index < -0.39 is 9.84 Å². The SMILES string of the molecule is C[C@H](N)c1cccc(OCCCS(C)(=O)=O)c1. The maximum atomic E-state index is 10.9. The molecule has 5 heteroatoms. The van der Waals surface area contributed by atoms with Crippen LogP contribution in [0.15, 0.2) is 24.3 Å². The quantitative estimate of drug-likeness (QED) is 0.784. The van der Waals surface area contributed by atoms with E-state index in [2.05, 4.69) is 0 Å². The van der Waals surface area contributed by atoms with E-state index in [1.165, 1.54) is 6.26 Å². The smallest absolute Gasteiger partial charge is 0.147 e. The van der Waals surface area contributed by atoms with Gasteiger partial charge in [0.25, 0.3) is 0 Å². The molecule has 0 amide bonds. The Morgan fingerprint density at radius 3 is 2.71 bits per heavy atom. The van der Waals surface area contributed by atoms with E-state index in [1.807, 2.05) is 31.2 Å². The number of ether oxygens (including phenoxy) is 1. The second-order valence-corrected chi connectivity index (χ2v) is 6.45. The van der Waals surface area contributed by atoms with Crippen LogP contribution >= 0.6 is 0 Å². The fourth-order valence-electron chi connectivity index (χ4n) is 1.40. The average molecular weight is 257 g/mol. The summed E-state index contributed by atoms with van der Waals surface area (Å²) >= 11 is 0. The lowest BCUT2D eigenvalue weighted by molar-refractivity contribution is 0.317. The number of sulfone groups is 1. The van der Waals surface area contributed by atoms with Crippen LogP contribution in [0.2, 0.25) is 0 Å². The van der Waals surface area contributed by atoms with Gasteiger partial charge in [0, 0.05) is 12.3 Å². The fourth-order valence-corrected chi connectivity index (χ4v) is 2.04. The molecule has 0 aliphatic heterocycles. The predicted octanol–water partition coefficient (Wildman–Crippen LogP) is 1.52. The van der Waals surface area contributed by atoms with Crippen LogP contribution in [0.4, 0.5) is 0 Å². The highest BCUT2D eigenvalue weighted by Crippen LogP contribution is 2.17. The van der Waals surface area contributed by atoms with Crippen molar-refractivity contribution in [2.45, 2.75) is 19.4 Å². The monoisotopic (exact) mass is 257 g/mol. The zero-order chi connectivity index (χ0) is 12.9. The third-order valence-corrected chi connectivity index (χ3v) is 3.34. The van der Waals surface area contributed by atoms with Crippen molar-refractivity contribution < 1.29 is 13.2 Å². The second-order valence-electron chi connectivity index (χ2n) is 4.19. The van der Waals surface area contributed by atoms with Crippen molar-refractivity contribution >= 4 is 9.84 Å². The first kappa shape index (κ1) is 14.0. The Kier molecular flexibility index (Phi) is 4.96. The van der Waals surface area contributed by atoms with Crippen LogP contribution < -0.4 is 10.5 Å².